The van der Waals surface area contributed by atoms with Gasteiger partial charge in [0.05, 0.1) is 21.4 Å². The van der Waals surface area contributed by atoms with Crippen LogP contribution in [0.2, 0.25) is 0 Å². The fourth-order valence-corrected chi connectivity index (χ4v) is 4.16. The van der Waals surface area contributed by atoms with E-state index in [1.807, 2.05) is 34.7 Å². The molecule has 0 radical (unpaired) electrons. The van der Waals surface area contributed by atoms with E-state index >= 15 is 0 Å². The number of anilines is 1. The Labute approximate surface area is 147 Å². The van der Waals surface area contributed by atoms with Crippen molar-refractivity contribution in [3.8, 4) is 0 Å². The fourth-order valence-electron chi connectivity index (χ4n) is 2.75. The lowest BCUT2D eigenvalue weighted by Crippen LogP contribution is -2.49. The van der Waals surface area contributed by atoms with Gasteiger partial charge in [-0.3, -0.25) is 10.2 Å². The molecule has 6 nitrogen and oxygen atoms in total. The van der Waals surface area contributed by atoms with Gasteiger partial charge in [-0.25, -0.2) is 14.8 Å². The molecular weight excluding hydrogens is 342 g/mol. The zero-order valence-electron chi connectivity index (χ0n) is 13.0. The summed E-state index contributed by atoms with van der Waals surface area (Å²) in [6.45, 7) is 4.04. The van der Waals surface area contributed by atoms with Crippen LogP contribution in [0.15, 0.2) is 35.2 Å². The number of para-hydroxylation sites is 1. The van der Waals surface area contributed by atoms with Crippen molar-refractivity contribution in [3.05, 3.63) is 40.8 Å². The van der Waals surface area contributed by atoms with Gasteiger partial charge < -0.3 is 4.90 Å². The van der Waals surface area contributed by atoms with E-state index in [0.29, 0.717) is 5.13 Å². The van der Waals surface area contributed by atoms with Gasteiger partial charge in [-0.05, 0) is 12.1 Å². The van der Waals surface area contributed by atoms with Crippen molar-refractivity contribution in [2.24, 2.45) is 0 Å². The summed E-state index contributed by atoms with van der Waals surface area (Å²) in [5.41, 5.74) is 3.88. The Hall–Kier alpha value is -2.03. The monoisotopic (exact) mass is 359 g/mol. The number of aromatic nitrogens is 2. The van der Waals surface area contributed by atoms with Crippen molar-refractivity contribution < 1.29 is 4.79 Å². The van der Waals surface area contributed by atoms with Crippen LogP contribution in [-0.2, 0) is 6.54 Å². The number of benzene rings is 1. The number of nitrogens with zero attached hydrogens (tertiary/aromatic N) is 4. The number of amides is 2. The topological polar surface area (TPSA) is 61.4 Å². The molecular formula is C16H17N5OS2. The normalized spacial score (nSPS) is 15.8. The number of thiazole rings is 2. The fraction of sp³-hybridized carbons (Fsp3) is 0.312. The highest BCUT2D eigenvalue weighted by molar-refractivity contribution is 7.22. The number of carbonyl (C=O) groups excluding carboxylic acids is 1. The van der Waals surface area contributed by atoms with Crippen LogP contribution in [0.4, 0.5) is 9.93 Å². The van der Waals surface area contributed by atoms with Crippen LogP contribution in [-0.4, -0.2) is 52.0 Å². The van der Waals surface area contributed by atoms with Gasteiger partial charge in [-0.2, -0.15) is 0 Å². The maximum absolute atomic E-state index is 12.4. The maximum Gasteiger partial charge on any atom is 0.323 e. The first-order chi connectivity index (χ1) is 11.8. The number of hydrogen-bond donors (Lipinski definition) is 1. The van der Waals surface area contributed by atoms with Crippen LogP contribution >= 0.6 is 22.7 Å². The number of hydrogen-bond acceptors (Lipinski definition) is 6. The van der Waals surface area contributed by atoms with Crippen molar-refractivity contribution >= 4 is 44.1 Å². The summed E-state index contributed by atoms with van der Waals surface area (Å²) >= 11 is 3.12. The first-order valence-corrected chi connectivity index (χ1v) is 9.55. The highest BCUT2D eigenvalue weighted by Crippen LogP contribution is 2.25. The molecule has 1 aliphatic heterocycles. The van der Waals surface area contributed by atoms with Gasteiger partial charge in [0.1, 0.15) is 0 Å². The molecule has 24 heavy (non-hydrogen) atoms. The van der Waals surface area contributed by atoms with Gasteiger partial charge in [0, 0.05) is 38.1 Å². The molecule has 0 atom stereocenters. The zero-order chi connectivity index (χ0) is 16.4. The Morgan fingerprint density at radius 2 is 2.04 bits per heavy atom. The second kappa shape index (κ2) is 6.84. The van der Waals surface area contributed by atoms with Gasteiger partial charge in [-0.15, -0.1) is 11.3 Å². The van der Waals surface area contributed by atoms with E-state index in [4.69, 9.17) is 0 Å². The Bertz CT molecular complexity index is 791. The molecule has 3 heterocycles. The third kappa shape index (κ3) is 3.40. The van der Waals surface area contributed by atoms with Gasteiger partial charge in [0.25, 0.3) is 0 Å². The van der Waals surface area contributed by atoms with E-state index in [1.54, 1.807) is 11.3 Å². The molecule has 1 aliphatic rings. The molecule has 0 unspecified atom stereocenters. The SMILES string of the molecule is O=C(Nc1nc2ccccc2s1)N1CCN(Cc2cscn2)CC1. The molecule has 2 amide bonds. The summed E-state index contributed by atoms with van der Waals surface area (Å²) in [6.07, 6.45) is 0. The lowest BCUT2D eigenvalue weighted by atomic mass is 10.3. The van der Waals surface area contributed by atoms with Crippen molar-refractivity contribution in [1.82, 2.24) is 19.8 Å². The van der Waals surface area contributed by atoms with Gasteiger partial charge in [-0.1, -0.05) is 23.5 Å². The summed E-state index contributed by atoms with van der Waals surface area (Å²) in [7, 11) is 0. The number of piperazine rings is 1. The standard InChI is InChI=1S/C16H17N5OS2/c22-16(19-15-18-13-3-1-2-4-14(13)24-15)21-7-5-20(6-8-21)9-12-10-23-11-17-12/h1-4,10-11H,5-9H2,(H,18,19,22). The molecule has 124 valence electrons. The van der Waals surface area contributed by atoms with E-state index in [-0.39, 0.29) is 6.03 Å². The highest BCUT2D eigenvalue weighted by atomic mass is 32.1. The minimum Gasteiger partial charge on any atom is -0.322 e. The third-order valence-corrected chi connectivity index (χ3v) is 5.62. The molecule has 0 aliphatic carbocycles. The summed E-state index contributed by atoms with van der Waals surface area (Å²) in [6, 6.07) is 7.84. The minimum absolute atomic E-state index is 0.0673. The number of urea groups is 1. The molecule has 1 fully saturated rings. The molecule has 1 saturated heterocycles. The Balaban J connectivity index is 1.32. The molecule has 0 spiro atoms. The summed E-state index contributed by atoms with van der Waals surface area (Å²) in [4.78, 5) is 25.4. The number of carbonyl (C=O) groups is 1. The predicted molar refractivity (Wildman–Crippen MR) is 97.6 cm³/mol. The van der Waals surface area contributed by atoms with E-state index in [9.17, 15) is 4.79 Å². The molecule has 0 saturated carbocycles. The van der Waals surface area contributed by atoms with Crippen LogP contribution in [0.5, 0.6) is 0 Å². The molecule has 3 aromatic rings. The second-order valence-electron chi connectivity index (χ2n) is 5.66. The predicted octanol–water partition coefficient (Wildman–Crippen LogP) is 3.10. The van der Waals surface area contributed by atoms with Crippen LogP contribution < -0.4 is 5.32 Å². The third-order valence-electron chi connectivity index (χ3n) is 4.04. The van der Waals surface area contributed by atoms with Gasteiger partial charge in [0.15, 0.2) is 5.13 Å². The quantitative estimate of drug-likeness (QED) is 0.781. The lowest BCUT2D eigenvalue weighted by Gasteiger charge is -2.34. The highest BCUT2D eigenvalue weighted by Gasteiger charge is 2.22. The van der Waals surface area contributed by atoms with E-state index in [0.717, 1.165) is 48.6 Å². The summed E-state index contributed by atoms with van der Waals surface area (Å²) < 4.78 is 1.08. The van der Waals surface area contributed by atoms with Gasteiger partial charge in [0.2, 0.25) is 0 Å². The van der Waals surface area contributed by atoms with Gasteiger partial charge >= 0.3 is 6.03 Å². The Kier molecular flexibility index (Phi) is 4.42. The van der Waals surface area contributed by atoms with Crippen LogP contribution in [0.3, 0.4) is 0 Å². The lowest BCUT2D eigenvalue weighted by molar-refractivity contribution is 0.142. The second-order valence-corrected chi connectivity index (χ2v) is 7.41. The first kappa shape index (κ1) is 15.5. The minimum atomic E-state index is -0.0673. The molecule has 1 N–H and O–H groups in total. The van der Waals surface area contributed by atoms with E-state index in [2.05, 4.69) is 25.6 Å². The number of rotatable bonds is 3. The average molecular weight is 359 g/mol. The van der Waals surface area contributed by atoms with Crippen LogP contribution in [0.1, 0.15) is 5.69 Å². The largest absolute Gasteiger partial charge is 0.323 e. The number of nitrogens with one attached hydrogen (secondary N) is 1. The average Bonchev–Trinajstić information content (AvgIpc) is 3.24. The smallest absolute Gasteiger partial charge is 0.322 e. The first-order valence-electron chi connectivity index (χ1n) is 7.79. The maximum atomic E-state index is 12.4. The Morgan fingerprint density at radius 1 is 1.21 bits per heavy atom. The van der Waals surface area contributed by atoms with Crippen LogP contribution in [0.25, 0.3) is 10.2 Å². The Morgan fingerprint density at radius 3 is 2.79 bits per heavy atom. The van der Waals surface area contributed by atoms with Crippen LogP contribution in [0, 0.1) is 0 Å². The molecule has 4 rings (SSSR count). The molecule has 0 bridgehead atoms. The van der Waals surface area contributed by atoms with E-state index < -0.39 is 0 Å². The summed E-state index contributed by atoms with van der Waals surface area (Å²) in [5.74, 6) is 0. The van der Waals surface area contributed by atoms with E-state index in [1.165, 1.54) is 11.3 Å². The molecule has 2 aromatic heterocycles. The van der Waals surface area contributed by atoms with Crippen molar-refractivity contribution in [1.29, 1.82) is 0 Å². The summed E-state index contributed by atoms with van der Waals surface area (Å²) in [5, 5.41) is 5.66. The molecule has 8 heteroatoms. The zero-order valence-corrected chi connectivity index (χ0v) is 14.6. The molecule has 1 aromatic carbocycles. The van der Waals surface area contributed by atoms with Crippen molar-refractivity contribution in [2.45, 2.75) is 6.54 Å². The van der Waals surface area contributed by atoms with Crippen molar-refractivity contribution in [2.75, 3.05) is 31.5 Å². The number of fused-ring (bicyclic) bond motifs is 1. The van der Waals surface area contributed by atoms with Crippen molar-refractivity contribution in [3.63, 3.8) is 0 Å².